The Morgan fingerprint density at radius 2 is 0.925 bits per heavy atom. The second-order valence-electron chi connectivity index (χ2n) is 13.1. The van der Waals surface area contributed by atoms with Gasteiger partial charge in [0, 0.05) is 39.0 Å². The van der Waals surface area contributed by atoms with Crippen molar-refractivity contribution < 1.29 is 0 Å². The SMILES string of the molecule is c1ccc(-c2ccc(N(c3ccc(-c4ccccc4)cc3)c3ccc(-c4cccc5c6ccccc6n(-c6ccccc6)c45)c4nsnc34)cc2)cc1. The molecule has 4 nitrogen and oxygen atoms in total. The first-order valence-electron chi connectivity index (χ1n) is 17.8. The summed E-state index contributed by atoms with van der Waals surface area (Å²) < 4.78 is 12.4. The topological polar surface area (TPSA) is 34.0 Å². The van der Waals surface area contributed by atoms with Gasteiger partial charge in [0.2, 0.25) is 0 Å². The van der Waals surface area contributed by atoms with Crippen molar-refractivity contribution in [2.45, 2.75) is 0 Å². The van der Waals surface area contributed by atoms with Crippen LogP contribution < -0.4 is 4.90 Å². The van der Waals surface area contributed by atoms with Crippen LogP contribution in [0.25, 0.3) is 71.9 Å². The lowest BCUT2D eigenvalue weighted by Crippen LogP contribution is -2.10. The summed E-state index contributed by atoms with van der Waals surface area (Å²) in [5, 5.41) is 2.43. The smallest absolute Gasteiger partial charge is 0.129 e. The molecule has 0 bridgehead atoms. The van der Waals surface area contributed by atoms with Crippen LogP contribution in [-0.2, 0) is 0 Å². The highest BCUT2D eigenvalue weighted by Gasteiger charge is 2.23. The summed E-state index contributed by atoms with van der Waals surface area (Å²) in [5.74, 6) is 0. The number of benzene rings is 8. The van der Waals surface area contributed by atoms with Gasteiger partial charge in [-0.05, 0) is 76.9 Å². The first-order valence-corrected chi connectivity index (χ1v) is 18.5. The number of nitrogens with zero attached hydrogens (tertiary/aromatic N) is 4. The van der Waals surface area contributed by atoms with Crippen molar-refractivity contribution in [3.05, 3.63) is 194 Å². The van der Waals surface area contributed by atoms with E-state index in [1.54, 1.807) is 0 Å². The summed E-state index contributed by atoms with van der Waals surface area (Å²) in [7, 11) is 0. The van der Waals surface area contributed by atoms with E-state index in [0.29, 0.717) is 0 Å². The molecule has 0 spiro atoms. The molecule has 10 aromatic rings. The van der Waals surface area contributed by atoms with Gasteiger partial charge in [-0.2, -0.15) is 8.75 Å². The maximum Gasteiger partial charge on any atom is 0.129 e. The third kappa shape index (κ3) is 5.38. The Balaban J connectivity index is 1.16. The van der Waals surface area contributed by atoms with Crippen molar-refractivity contribution in [2.24, 2.45) is 0 Å². The van der Waals surface area contributed by atoms with Crippen molar-refractivity contribution >= 4 is 61.6 Å². The van der Waals surface area contributed by atoms with Gasteiger partial charge in [0.15, 0.2) is 0 Å². The molecule has 0 radical (unpaired) electrons. The second-order valence-corrected chi connectivity index (χ2v) is 13.7. The predicted molar refractivity (Wildman–Crippen MR) is 223 cm³/mol. The average molecular weight is 697 g/mol. The van der Waals surface area contributed by atoms with Crippen LogP contribution in [0.1, 0.15) is 0 Å². The molecule has 0 aliphatic heterocycles. The van der Waals surface area contributed by atoms with Crippen LogP contribution in [0.3, 0.4) is 0 Å². The van der Waals surface area contributed by atoms with Crippen LogP contribution >= 0.6 is 11.7 Å². The lowest BCUT2D eigenvalue weighted by molar-refractivity contribution is 1.18. The fourth-order valence-corrected chi connectivity index (χ4v) is 8.20. The van der Waals surface area contributed by atoms with E-state index >= 15 is 0 Å². The summed E-state index contributed by atoms with van der Waals surface area (Å²) in [6.45, 7) is 0. The quantitative estimate of drug-likeness (QED) is 0.166. The molecule has 0 aliphatic rings. The van der Waals surface area contributed by atoms with E-state index in [-0.39, 0.29) is 0 Å². The van der Waals surface area contributed by atoms with Gasteiger partial charge in [-0.3, -0.25) is 0 Å². The zero-order valence-corrected chi connectivity index (χ0v) is 29.5. The molecule has 2 aromatic heterocycles. The molecule has 8 aromatic carbocycles. The molecule has 0 aliphatic carbocycles. The van der Waals surface area contributed by atoms with E-state index in [2.05, 4.69) is 204 Å². The van der Waals surface area contributed by atoms with Gasteiger partial charge in [-0.25, -0.2) is 0 Å². The van der Waals surface area contributed by atoms with Crippen molar-refractivity contribution in [3.8, 4) is 39.1 Å². The highest BCUT2D eigenvalue weighted by molar-refractivity contribution is 7.00. The van der Waals surface area contributed by atoms with Gasteiger partial charge < -0.3 is 9.47 Å². The Labute approximate surface area is 311 Å². The Morgan fingerprint density at radius 1 is 0.396 bits per heavy atom. The van der Waals surface area contributed by atoms with E-state index in [0.717, 1.165) is 50.4 Å². The number of rotatable bonds is 7. The zero-order valence-electron chi connectivity index (χ0n) is 28.7. The molecule has 0 unspecified atom stereocenters. The molecular formula is C48H32N4S. The number of fused-ring (bicyclic) bond motifs is 4. The van der Waals surface area contributed by atoms with Gasteiger partial charge in [-0.15, -0.1) is 0 Å². The van der Waals surface area contributed by atoms with Crippen molar-refractivity contribution in [1.29, 1.82) is 0 Å². The Hall–Kier alpha value is -6.82. The summed E-state index contributed by atoms with van der Waals surface area (Å²) in [4.78, 5) is 2.30. The molecule has 10 rings (SSSR count). The molecule has 0 fully saturated rings. The van der Waals surface area contributed by atoms with Crippen molar-refractivity contribution in [3.63, 3.8) is 0 Å². The Kier molecular flexibility index (Phi) is 7.63. The van der Waals surface area contributed by atoms with Crippen molar-refractivity contribution in [1.82, 2.24) is 13.3 Å². The third-order valence-electron chi connectivity index (χ3n) is 10.1. The fourth-order valence-electron chi connectivity index (χ4n) is 7.63. The van der Waals surface area contributed by atoms with E-state index in [1.807, 2.05) is 0 Å². The molecule has 0 amide bonds. The van der Waals surface area contributed by atoms with Crippen LogP contribution in [0.2, 0.25) is 0 Å². The predicted octanol–water partition coefficient (Wildman–Crippen LogP) is 13.3. The van der Waals surface area contributed by atoms with Crippen LogP contribution in [-0.4, -0.2) is 13.3 Å². The van der Waals surface area contributed by atoms with Crippen LogP contribution in [0.4, 0.5) is 17.1 Å². The minimum Gasteiger partial charge on any atom is -0.309 e. The molecule has 0 atom stereocenters. The molecule has 2 heterocycles. The minimum atomic E-state index is 0.867. The van der Waals surface area contributed by atoms with Gasteiger partial charge in [0.05, 0.1) is 28.4 Å². The van der Waals surface area contributed by atoms with Crippen LogP contribution in [0.5, 0.6) is 0 Å². The molecule has 250 valence electrons. The largest absolute Gasteiger partial charge is 0.309 e. The van der Waals surface area contributed by atoms with Gasteiger partial charge >= 0.3 is 0 Å². The number of hydrogen-bond donors (Lipinski definition) is 0. The standard InChI is InChI=1S/C48H32N4S/c1-4-13-33(14-5-1)35-23-27-38(28-24-35)51(39-29-25-36(26-30-39)34-15-6-2-7-16-34)45-32-31-41(46-47(45)50-53-49-46)43-21-12-20-42-40-19-10-11-22-44(40)52(48(42)43)37-17-8-3-9-18-37/h1-32H. The highest BCUT2D eigenvalue weighted by Crippen LogP contribution is 2.45. The van der Waals surface area contributed by atoms with Crippen molar-refractivity contribution in [2.75, 3.05) is 4.90 Å². The summed E-state index contributed by atoms with van der Waals surface area (Å²) in [5.41, 5.74) is 15.2. The maximum atomic E-state index is 4.99. The van der Waals surface area contributed by atoms with E-state index in [4.69, 9.17) is 8.75 Å². The second kappa shape index (κ2) is 13.1. The first kappa shape index (κ1) is 31.0. The summed E-state index contributed by atoms with van der Waals surface area (Å²) in [6, 6.07) is 68.9. The van der Waals surface area contributed by atoms with Gasteiger partial charge in [0.1, 0.15) is 11.0 Å². The van der Waals surface area contributed by atoms with Crippen LogP contribution in [0.15, 0.2) is 194 Å². The number of aromatic nitrogens is 3. The lowest BCUT2D eigenvalue weighted by Gasteiger charge is -2.26. The number of hydrogen-bond acceptors (Lipinski definition) is 4. The monoisotopic (exact) mass is 696 g/mol. The molecule has 0 saturated carbocycles. The molecular weight excluding hydrogens is 665 g/mol. The summed E-state index contributed by atoms with van der Waals surface area (Å²) >= 11 is 1.26. The molecule has 5 heteroatoms. The zero-order chi connectivity index (χ0) is 35.1. The average Bonchev–Trinajstić information content (AvgIpc) is 3.87. The minimum absolute atomic E-state index is 0.867. The maximum absolute atomic E-state index is 4.99. The molecule has 0 N–H and O–H groups in total. The first-order chi connectivity index (χ1) is 26.3. The normalized spacial score (nSPS) is 11.4. The van der Waals surface area contributed by atoms with Crippen LogP contribution in [0, 0.1) is 0 Å². The highest BCUT2D eigenvalue weighted by atomic mass is 32.1. The number of anilines is 3. The molecule has 0 saturated heterocycles. The lowest BCUT2D eigenvalue weighted by atomic mass is 9.99. The number of para-hydroxylation sites is 3. The molecule has 53 heavy (non-hydrogen) atoms. The third-order valence-corrected chi connectivity index (χ3v) is 10.6. The van der Waals surface area contributed by atoms with E-state index in [9.17, 15) is 0 Å². The fraction of sp³-hybridized carbons (Fsp3) is 0. The summed E-state index contributed by atoms with van der Waals surface area (Å²) in [6.07, 6.45) is 0. The van der Waals surface area contributed by atoms with E-state index in [1.165, 1.54) is 50.3 Å². The Morgan fingerprint density at radius 3 is 1.57 bits per heavy atom. The Bertz CT molecular complexity index is 2780. The van der Waals surface area contributed by atoms with Gasteiger partial charge in [0.25, 0.3) is 0 Å². The van der Waals surface area contributed by atoms with Gasteiger partial charge in [-0.1, -0.05) is 140 Å². The van der Waals surface area contributed by atoms with E-state index < -0.39 is 0 Å².